The van der Waals surface area contributed by atoms with Crippen LogP contribution in [0.2, 0.25) is 10.0 Å². The van der Waals surface area contributed by atoms with Crippen molar-refractivity contribution in [1.29, 1.82) is 0 Å². The number of methoxy groups -OCH3 is 1. The van der Waals surface area contributed by atoms with Crippen LogP contribution in [0.1, 0.15) is 36.6 Å². The van der Waals surface area contributed by atoms with E-state index in [1.165, 1.54) is 29.0 Å². The first-order valence-electron chi connectivity index (χ1n) is 11.6. The van der Waals surface area contributed by atoms with E-state index in [4.69, 9.17) is 27.9 Å². The number of nitrogens with zero attached hydrogens (tertiary/aromatic N) is 2. The summed E-state index contributed by atoms with van der Waals surface area (Å²) in [5, 5.41) is 2.11. The molecule has 0 saturated heterocycles. The zero-order chi connectivity index (χ0) is 26.3. The first-order chi connectivity index (χ1) is 17.8. The number of rotatable bonds is 6. The highest BCUT2D eigenvalue weighted by Crippen LogP contribution is 2.33. The lowest BCUT2D eigenvalue weighted by atomic mass is 9.94. The van der Waals surface area contributed by atoms with Crippen LogP contribution in [0.5, 0.6) is 5.75 Å². The number of amides is 3. The molecule has 1 aliphatic rings. The van der Waals surface area contributed by atoms with Gasteiger partial charge in [0.15, 0.2) is 0 Å². The first-order valence-corrected chi connectivity index (χ1v) is 12.3. The number of hydrogen-bond donors (Lipinski definition) is 0. The van der Waals surface area contributed by atoms with Crippen LogP contribution >= 0.6 is 23.2 Å². The van der Waals surface area contributed by atoms with Gasteiger partial charge in [-0.15, -0.1) is 0 Å². The van der Waals surface area contributed by atoms with Crippen LogP contribution in [-0.2, 0) is 0 Å². The quantitative estimate of drug-likeness (QED) is 0.269. The SMILES string of the molecule is COc1cc(C)ccc1N(CCN1C(=O)c2cccc3cccc(c23)C1=O)C(=O)c1cc(Cl)cc(Cl)c1. The number of carbonyl (C=O) groups is 3. The van der Waals surface area contributed by atoms with Gasteiger partial charge < -0.3 is 9.64 Å². The van der Waals surface area contributed by atoms with E-state index in [1.807, 2.05) is 31.2 Å². The van der Waals surface area contributed by atoms with Crippen molar-refractivity contribution in [3.8, 4) is 5.75 Å². The maximum absolute atomic E-state index is 13.8. The second-order valence-corrected chi connectivity index (χ2v) is 9.63. The van der Waals surface area contributed by atoms with E-state index in [1.54, 1.807) is 36.4 Å². The molecule has 186 valence electrons. The molecule has 0 bridgehead atoms. The van der Waals surface area contributed by atoms with Crippen LogP contribution in [0.3, 0.4) is 0 Å². The molecule has 1 aliphatic heterocycles. The van der Waals surface area contributed by atoms with Crippen LogP contribution in [-0.4, -0.2) is 42.8 Å². The number of benzene rings is 4. The molecule has 0 fully saturated rings. The second-order valence-electron chi connectivity index (χ2n) is 8.76. The molecular formula is C29H22Cl2N2O4. The van der Waals surface area contributed by atoms with Gasteiger partial charge in [-0.05, 0) is 60.3 Å². The summed E-state index contributed by atoms with van der Waals surface area (Å²) < 4.78 is 5.57. The lowest BCUT2D eigenvalue weighted by molar-refractivity contribution is 0.0611. The fraction of sp³-hybridized carbons (Fsp3) is 0.138. The number of imide groups is 1. The van der Waals surface area contributed by atoms with Gasteiger partial charge in [0.05, 0.1) is 12.8 Å². The summed E-state index contributed by atoms with van der Waals surface area (Å²) in [5.74, 6) is -0.717. The molecule has 0 N–H and O–H groups in total. The van der Waals surface area contributed by atoms with Gasteiger partial charge in [0.2, 0.25) is 0 Å². The van der Waals surface area contributed by atoms with Gasteiger partial charge in [0.25, 0.3) is 17.7 Å². The van der Waals surface area contributed by atoms with Crippen molar-refractivity contribution in [3.63, 3.8) is 0 Å². The lowest BCUT2D eigenvalue weighted by Gasteiger charge is -2.31. The summed E-state index contributed by atoms with van der Waals surface area (Å²) in [4.78, 5) is 43.2. The standard InChI is InChI=1S/C29H22Cl2N2O4/c1-17-9-10-24(25(13-17)37-2)32(27(34)19-14-20(30)16-21(31)15-19)11-12-33-28(35)22-7-3-5-18-6-4-8-23(26(18)22)29(33)36/h3-10,13-16H,11-12H2,1-2H3. The topological polar surface area (TPSA) is 66.9 Å². The van der Waals surface area contributed by atoms with Crippen molar-refractivity contribution in [2.24, 2.45) is 0 Å². The third kappa shape index (κ3) is 4.54. The number of aryl methyl sites for hydroxylation is 1. The zero-order valence-electron chi connectivity index (χ0n) is 20.1. The minimum Gasteiger partial charge on any atom is -0.495 e. The van der Waals surface area contributed by atoms with Gasteiger partial charge in [0.1, 0.15) is 5.75 Å². The predicted molar refractivity (Wildman–Crippen MR) is 145 cm³/mol. The Balaban J connectivity index is 1.52. The van der Waals surface area contributed by atoms with Gasteiger partial charge in [-0.1, -0.05) is 53.5 Å². The van der Waals surface area contributed by atoms with Gasteiger partial charge in [-0.2, -0.15) is 0 Å². The van der Waals surface area contributed by atoms with Crippen molar-refractivity contribution in [2.45, 2.75) is 6.92 Å². The Labute approximate surface area is 224 Å². The van der Waals surface area contributed by atoms with Crippen LogP contribution in [0, 0.1) is 6.92 Å². The molecular weight excluding hydrogens is 511 g/mol. The molecule has 6 nitrogen and oxygen atoms in total. The molecule has 0 spiro atoms. The summed E-state index contributed by atoms with van der Waals surface area (Å²) in [6.07, 6.45) is 0. The average molecular weight is 533 g/mol. The maximum atomic E-state index is 13.8. The highest BCUT2D eigenvalue weighted by atomic mass is 35.5. The Morgan fingerprint density at radius 1 is 0.892 bits per heavy atom. The van der Waals surface area contributed by atoms with Gasteiger partial charge in [-0.25, -0.2) is 0 Å². The van der Waals surface area contributed by atoms with Gasteiger partial charge in [0, 0.05) is 45.2 Å². The second kappa shape index (κ2) is 9.88. The molecule has 0 unspecified atom stereocenters. The van der Waals surface area contributed by atoms with Crippen molar-refractivity contribution < 1.29 is 19.1 Å². The minimum atomic E-state index is -0.400. The molecule has 1 heterocycles. The van der Waals surface area contributed by atoms with Crippen molar-refractivity contribution >= 4 is 57.4 Å². The Bertz CT molecular complexity index is 1510. The maximum Gasteiger partial charge on any atom is 0.261 e. The van der Waals surface area contributed by atoms with E-state index in [0.29, 0.717) is 38.0 Å². The van der Waals surface area contributed by atoms with Gasteiger partial charge in [-0.3, -0.25) is 19.3 Å². The third-order valence-electron chi connectivity index (χ3n) is 6.38. The van der Waals surface area contributed by atoms with Crippen LogP contribution in [0.4, 0.5) is 5.69 Å². The molecule has 0 saturated carbocycles. The van der Waals surface area contributed by atoms with E-state index in [-0.39, 0.29) is 18.7 Å². The number of hydrogen-bond acceptors (Lipinski definition) is 4. The molecule has 37 heavy (non-hydrogen) atoms. The van der Waals surface area contributed by atoms with Gasteiger partial charge >= 0.3 is 0 Å². The Kier molecular flexibility index (Phi) is 6.63. The summed E-state index contributed by atoms with van der Waals surface area (Å²) in [6, 6.07) is 20.8. The Morgan fingerprint density at radius 2 is 1.51 bits per heavy atom. The van der Waals surface area contributed by atoms with E-state index >= 15 is 0 Å². The molecule has 0 radical (unpaired) electrons. The molecule has 0 aromatic heterocycles. The van der Waals surface area contributed by atoms with Crippen LogP contribution in [0.25, 0.3) is 10.8 Å². The summed E-state index contributed by atoms with van der Waals surface area (Å²) in [6.45, 7) is 1.91. The van der Waals surface area contributed by atoms with Crippen molar-refractivity contribution in [1.82, 2.24) is 4.90 Å². The lowest BCUT2D eigenvalue weighted by Crippen LogP contribution is -2.46. The zero-order valence-corrected chi connectivity index (χ0v) is 21.6. The molecule has 0 aliphatic carbocycles. The number of halogens is 2. The number of ether oxygens (including phenoxy) is 1. The summed E-state index contributed by atoms with van der Waals surface area (Å²) in [7, 11) is 1.52. The molecule has 8 heteroatoms. The minimum absolute atomic E-state index is 0.0258. The molecule has 3 amide bonds. The van der Waals surface area contributed by atoms with E-state index in [0.717, 1.165) is 10.9 Å². The third-order valence-corrected chi connectivity index (χ3v) is 6.82. The molecule has 0 atom stereocenters. The first kappa shape index (κ1) is 24.8. The highest BCUT2D eigenvalue weighted by molar-refractivity contribution is 6.35. The monoisotopic (exact) mass is 532 g/mol. The molecule has 4 aromatic carbocycles. The normalized spacial score (nSPS) is 12.7. The summed E-state index contributed by atoms with van der Waals surface area (Å²) in [5.41, 5.74) is 2.63. The van der Waals surface area contributed by atoms with Crippen LogP contribution < -0.4 is 9.64 Å². The smallest absolute Gasteiger partial charge is 0.261 e. The average Bonchev–Trinajstić information content (AvgIpc) is 2.88. The van der Waals surface area contributed by atoms with Crippen molar-refractivity contribution in [3.05, 3.63) is 105 Å². The summed E-state index contributed by atoms with van der Waals surface area (Å²) >= 11 is 12.3. The van der Waals surface area contributed by atoms with Crippen LogP contribution in [0.15, 0.2) is 72.8 Å². The van der Waals surface area contributed by atoms with E-state index < -0.39 is 17.7 Å². The Morgan fingerprint density at radius 3 is 2.11 bits per heavy atom. The predicted octanol–water partition coefficient (Wildman–Crippen LogP) is 6.41. The largest absolute Gasteiger partial charge is 0.495 e. The van der Waals surface area contributed by atoms with E-state index in [9.17, 15) is 14.4 Å². The molecule has 5 rings (SSSR count). The van der Waals surface area contributed by atoms with E-state index in [2.05, 4.69) is 0 Å². The highest BCUT2D eigenvalue weighted by Gasteiger charge is 2.33. The number of carbonyl (C=O) groups excluding carboxylic acids is 3. The molecule has 4 aromatic rings. The number of anilines is 1. The fourth-order valence-electron chi connectivity index (χ4n) is 4.66. The van der Waals surface area contributed by atoms with Crippen molar-refractivity contribution in [2.75, 3.05) is 25.1 Å². The Hall–Kier alpha value is -3.87. The fourth-order valence-corrected chi connectivity index (χ4v) is 5.18.